The minimum absolute atomic E-state index is 0.0229. The first-order chi connectivity index (χ1) is 7.61. The fourth-order valence-electron chi connectivity index (χ4n) is 1.97. The van der Waals surface area contributed by atoms with Crippen molar-refractivity contribution in [1.29, 1.82) is 0 Å². The lowest BCUT2D eigenvalue weighted by Crippen LogP contribution is -2.32. The fraction of sp³-hybridized carbons (Fsp3) is 0.727. The fourth-order valence-corrected chi connectivity index (χ4v) is 1.97. The molecule has 1 aliphatic rings. The van der Waals surface area contributed by atoms with Crippen molar-refractivity contribution in [2.45, 2.75) is 44.6 Å². The summed E-state index contributed by atoms with van der Waals surface area (Å²) < 4.78 is 0. The summed E-state index contributed by atoms with van der Waals surface area (Å²) in [5.41, 5.74) is 0. The molecule has 0 spiro atoms. The summed E-state index contributed by atoms with van der Waals surface area (Å²) >= 11 is 0. The summed E-state index contributed by atoms with van der Waals surface area (Å²) in [4.78, 5) is 32.1. The van der Waals surface area contributed by atoms with Crippen LogP contribution in [0.1, 0.15) is 38.5 Å². The molecule has 0 aliphatic heterocycles. The van der Waals surface area contributed by atoms with Crippen molar-refractivity contribution in [2.24, 2.45) is 5.92 Å². The first kappa shape index (κ1) is 12.7. The van der Waals surface area contributed by atoms with Crippen molar-refractivity contribution in [3.8, 4) is 0 Å². The van der Waals surface area contributed by atoms with Gasteiger partial charge in [-0.1, -0.05) is 0 Å². The van der Waals surface area contributed by atoms with E-state index in [1.165, 1.54) is 0 Å². The Balaban J connectivity index is 2.15. The molecule has 0 saturated heterocycles. The van der Waals surface area contributed by atoms with E-state index >= 15 is 0 Å². The van der Waals surface area contributed by atoms with Gasteiger partial charge < -0.3 is 15.2 Å². The van der Waals surface area contributed by atoms with E-state index in [4.69, 9.17) is 5.11 Å². The number of rotatable bonds is 6. The lowest BCUT2D eigenvalue weighted by Gasteiger charge is -2.11. The zero-order chi connectivity index (χ0) is 12.0. The first-order valence-corrected chi connectivity index (χ1v) is 5.58. The van der Waals surface area contributed by atoms with Gasteiger partial charge in [-0.15, -0.1) is 0 Å². The van der Waals surface area contributed by atoms with Gasteiger partial charge in [0.2, 0.25) is 5.91 Å². The largest absolute Gasteiger partial charge is 0.481 e. The lowest BCUT2D eigenvalue weighted by molar-refractivity contribution is -0.137. The van der Waals surface area contributed by atoms with Gasteiger partial charge in [-0.3, -0.25) is 9.59 Å². The van der Waals surface area contributed by atoms with Crippen LogP contribution >= 0.6 is 0 Å². The van der Waals surface area contributed by atoms with Crippen LogP contribution in [0.25, 0.3) is 0 Å². The molecule has 1 aliphatic carbocycles. The van der Waals surface area contributed by atoms with E-state index in [1.807, 2.05) is 0 Å². The van der Waals surface area contributed by atoms with Crippen LogP contribution in [-0.4, -0.2) is 29.3 Å². The van der Waals surface area contributed by atoms with Crippen molar-refractivity contribution in [2.75, 3.05) is 0 Å². The van der Waals surface area contributed by atoms with Crippen molar-refractivity contribution >= 4 is 18.2 Å². The summed E-state index contributed by atoms with van der Waals surface area (Å²) in [5.74, 6) is -0.920. The van der Waals surface area contributed by atoms with Gasteiger partial charge in [0, 0.05) is 24.8 Å². The van der Waals surface area contributed by atoms with Gasteiger partial charge in [0.25, 0.3) is 0 Å². The summed E-state index contributed by atoms with van der Waals surface area (Å²) in [7, 11) is 0. The molecule has 2 unspecified atom stereocenters. The molecule has 1 rings (SSSR count). The second-order valence-corrected chi connectivity index (χ2v) is 4.22. The van der Waals surface area contributed by atoms with E-state index in [1.54, 1.807) is 0 Å². The molecule has 0 heterocycles. The molecule has 90 valence electrons. The number of carbonyl (C=O) groups is 3. The van der Waals surface area contributed by atoms with Gasteiger partial charge in [0.05, 0.1) is 0 Å². The van der Waals surface area contributed by atoms with Crippen molar-refractivity contribution in [3.05, 3.63) is 0 Å². The van der Waals surface area contributed by atoms with Crippen LogP contribution in [0.5, 0.6) is 0 Å². The Kier molecular flexibility index (Phi) is 4.95. The third-order valence-corrected chi connectivity index (χ3v) is 2.83. The maximum absolute atomic E-state index is 11.4. The number of carboxylic acids is 1. The van der Waals surface area contributed by atoms with Crippen LogP contribution in [0.4, 0.5) is 0 Å². The highest BCUT2D eigenvalue weighted by Gasteiger charge is 2.25. The summed E-state index contributed by atoms with van der Waals surface area (Å²) in [6, 6.07) is 0.0903. The molecule has 0 aromatic carbocycles. The van der Waals surface area contributed by atoms with Crippen LogP contribution < -0.4 is 5.32 Å². The standard InChI is InChI=1S/C11H17NO4/c13-7-8-4-5-9(6-8)12-10(14)2-1-3-11(15)16/h7-9H,1-6H2,(H,12,14)(H,15,16). The van der Waals surface area contributed by atoms with Crippen LogP contribution in [0, 0.1) is 5.92 Å². The highest BCUT2D eigenvalue weighted by molar-refractivity contribution is 5.77. The molecule has 16 heavy (non-hydrogen) atoms. The van der Waals surface area contributed by atoms with Crippen LogP contribution in [0.2, 0.25) is 0 Å². The van der Waals surface area contributed by atoms with Gasteiger partial charge in [0.15, 0.2) is 0 Å². The zero-order valence-corrected chi connectivity index (χ0v) is 9.15. The highest BCUT2D eigenvalue weighted by atomic mass is 16.4. The van der Waals surface area contributed by atoms with Gasteiger partial charge in [-0.25, -0.2) is 0 Å². The topological polar surface area (TPSA) is 83.5 Å². The monoisotopic (exact) mass is 227 g/mol. The predicted molar refractivity (Wildman–Crippen MR) is 56.8 cm³/mol. The van der Waals surface area contributed by atoms with Crippen LogP contribution in [-0.2, 0) is 14.4 Å². The molecular weight excluding hydrogens is 210 g/mol. The normalized spacial score (nSPS) is 24.0. The quantitative estimate of drug-likeness (QED) is 0.655. The predicted octanol–water partition coefficient (Wildman–Crippen LogP) is 0.725. The molecule has 2 N–H and O–H groups in total. The molecular formula is C11H17NO4. The average Bonchev–Trinajstić information content (AvgIpc) is 2.65. The molecule has 1 amide bonds. The Morgan fingerprint density at radius 2 is 2.06 bits per heavy atom. The lowest BCUT2D eigenvalue weighted by atomic mass is 10.1. The van der Waals surface area contributed by atoms with Gasteiger partial charge in [0.1, 0.15) is 6.29 Å². The smallest absolute Gasteiger partial charge is 0.303 e. The van der Waals surface area contributed by atoms with Gasteiger partial charge >= 0.3 is 5.97 Å². The Bertz CT molecular complexity index is 277. The molecule has 2 atom stereocenters. The van der Waals surface area contributed by atoms with E-state index < -0.39 is 5.97 Å². The number of hydrogen-bond acceptors (Lipinski definition) is 3. The molecule has 1 fully saturated rings. The first-order valence-electron chi connectivity index (χ1n) is 5.58. The molecule has 5 heteroatoms. The number of nitrogens with one attached hydrogen (secondary N) is 1. The number of amides is 1. The molecule has 1 saturated carbocycles. The minimum atomic E-state index is -0.880. The van der Waals surface area contributed by atoms with E-state index in [0.29, 0.717) is 12.8 Å². The van der Waals surface area contributed by atoms with Crippen molar-refractivity contribution < 1.29 is 19.5 Å². The van der Waals surface area contributed by atoms with Gasteiger partial charge in [-0.2, -0.15) is 0 Å². The summed E-state index contributed by atoms with van der Waals surface area (Å²) in [6.07, 6.45) is 3.97. The number of carbonyl (C=O) groups excluding carboxylic acids is 2. The Morgan fingerprint density at radius 1 is 1.31 bits per heavy atom. The third kappa shape index (κ3) is 4.42. The highest BCUT2D eigenvalue weighted by Crippen LogP contribution is 2.23. The Morgan fingerprint density at radius 3 is 2.62 bits per heavy atom. The van der Waals surface area contributed by atoms with Gasteiger partial charge in [-0.05, 0) is 25.7 Å². The van der Waals surface area contributed by atoms with E-state index in [-0.39, 0.29) is 30.7 Å². The summed E-state index contributed by atoms with van der Waals surface area (Å²) in [6.45, 7) is 0. The second-order valence-electron chi connectivity index (χ2n) is 4.22. The molecule has 0 bridgehead atoms. The third-order valence-electron chi connectivity index (χ3n) is 2.83. The van der Waals surface area contributed by atoms with Crippen LogP contribution in [0.15, 0.2) is 0 Å². The van der Waals surface area contributed by atoms with Crippen LogP contribution in [0.3, 0.4) is 0 Å². The SMILES string of the molecule is O=CC1CCC(NC(=O)CCCC(=O)O)C1. The maximum Gasteiger partial charge on any atom is 0.303 e. The zero-order valence-electron chi connectivity index (χ0n) is 9.15. The number of hydrogen-bond donors (Lipinski definition) is 2. The van der Waals surface area contributed by atoms with Crippen molar-refractivity contribution in [3.63, 3.8) is 0 Å². The van der Waals surface area contributed by atoms with E-state index in [9.17, 15) is 14.4 Å². The van der Waals surface area contributed by atoms with E-state index in [0.717, 1.165) is 19.1 Å². The molecule has 0 aromatic heterocycles. The minimum Gasteiger partial charge on any atom is -0.481 e. The summed E-state index contributed by atoms with van der Waals surface area (Å²) in [5, 5.41) is 11.2. The number of carboxylic acid groups (broad SMARTS) is 1. The Labute approximate surface area is 94.2 Å². The van der Waals surface area contributed by atoms with E-state index in [2.05, 4.69) is 5.32 Å². The molecule has 0 radical (unpaired) electrons. The molecule has 0 aromatic rings. The second kappa shape index (κ2) is 6.25. The maximum atomic E-state index is 11.4. The van der Waals surface area contributed by atoms with Crippen molar-refractivity contribution in [1.82, 2.24) is 5.32 Å². The average molecular weight is 227 g/mol. The number of aliphatic carboxylic acids is 1. The Hall–Kier alpha value is -1.39. The molecule has 5 nitrogen and oxygen atoms in total. The number of aldehydes is 1.